The molecule has 640 valence electrons. The Morgan fingerprint density at radius 3 is 0.993 bits per heavy atom. The van der Waals surface area contributed by atoms with Crippen LogP contribution in [-0.4, -0.2) is 18.3 Å². The molecule has 0 amide bonds. The Bertz CT molecular complexity index is 10100. The molecule has 0 saturated carbocycles. The number of para-hydroxylation sites is 10. The van der Waals surface area contributed by atoms with Crippen LogP contribution in [0.1, 0.15) is 0 Å². The van der Waals surface area contributed by atoms with Crippen molar-refractivity contribution in [1.82, 2.24) is 18.3 Å². The quantitative estimate of drug-likeness (QED) is 0.128. The lowest BCUT2D eigenvalue weighted by atomic mass is 9.91. The predicted octanol–water partition coefficient (Wildman–Crippen LogP) is 36.3. The third-order valence-corrected chi connectivity index (χ3v) is 29.1. The highest BCUT2D eigenvalue weighted by molar-refractivity contribution is 7.17. The largest absolute Gasteiger partial charge is 0.455 e. The van der Waals surface area contributed by atoms with Crippen LogP contribution in [0, 0.1) is 0 Å². The second-order valence-corrected chi connectivity index (χ2v) is 36.7. The molecule has 0 spiro atoms. The summed E-state index contributed by atoms with van der Waals surface area (Å²) in [5, 5.41) is 30.8. The van der Waals surface area contributed by atoms with E-state index < -0.39 is 0 Å². The van der Waals surface area contributed by atoms with E-state index in [9.17, 15) is 0 Å². The number of nitrogens with zero attached hydrogens (tertiary/aromatic N) is 5. The molecule has 8 aromatic heterocycles. The summed E-state index contributed by atoms with van der Waals surface area (Å²) in [6.45, 7) is 0. The minimum Gasteiger partial charge on any atom is -0.455 e. The van der Waals surface area contributed by atoms with Crippen LogP contribution in [0.2, 0.25) is 0 Å². The lowest BCUT2D eigenvalue weighted by Crippen LogP contribution is -2.09. The van der Waals surface area contributed by atoms with Gasteiger partial charge >= 0.3 is 0 Å². The Kier molecular flexibility index (Phi) is 17.8. The van der Waals surface area contributed by atoms with Gasteiger partial charge in [0.1, 0.15) is 33.5 Å². The Hall–Kier alpha value is -18.0. The summed E-state index contributed by atoms with van der Waals surface area (Å²) >= 11 is 1.81. The highest BCUT2D eigenvalue weighted by atomic mass is 32.1. The monoisotopic (exact) mass is 1770 g/mol. The molecule has 0 N–H and O–H groups in total. The van der Waals surface area contributed by atoms with Crippen LogP contribution in [0.3, 0.4) is 0 Å². The predicted molar refractivity (Wildman–Crippen MR) is 577 cm³/mol. The van der Waals surface area contributed by atoms with Gasteiger partial charge in [0, 0.05) is 149 Å². The van der Waals surface area contributed by atoms with E-state index in [1.165, 1.54) is 146 Å². The van der Waals surface area contributed by atoms with Crippen molar-refractivity contribution < 1.29 is 13.3 Å². The van der Waals surface area contributed by atoms with Crippen molar-refractivity contribution in [1.29, 1.82) is 0 Å². The fourth-order valence-corrected chi connectivity index (χ4v) is 22.8. The topological polar surface area (TPSA) is 62.4 Å². The van der Waals surface area contributed by atoms with E-state index in [1.807, 2.05) is 18.2 Å². The van der Waals surface area contributed by atoms with Crippen LogP contribution in [0.25, 0.3) is 251 Å². The van der Waals surface area contributed by atoms with E-state index >= 15 is 0 Å². The smallest absolute Gasteiger partial charge is 0.143 e. The first kappa shape index (κ1) is 77.7. The van der Waals surface area contributed by atoms with Gasteiger partial charge in [-0.25, -0.2) is 0 Å². The number of rotatable bonds is 10. The highest BCUT2D eigenvalue weighted by Crippen LogP contribution is 2.51. The Morgan fingerprint density at radius 2 is 0.540 bits per heavy atom. The first-order valence-electron chi connectivity index (χ1n) is 46.6. The van der Waals surface area contributed by atoms with Crippen molar-refractivity contribution in [3.05, 3.63) is 479 Å². The number of fused-ring (bicyclic) bond motifs is 28. The van der Waals surface area contributed by atoms with Crippen molar-refractivity contribution in [2.45, 2.75) is 0 Å². The second-order valence-electron chi connectivity index (χ2n) is 35.7. The van der Waals surface area contributed by atoms with Crippen LogP contribution in [0.4, 0.5) is 17.1 Å². The van der Waals surface area contributed by atoms with Gasteiger partial charge in [0.05, 0.1) is 27.6 Å². The Labute approximate surface area is 789 Å². The number of anilines is 3. The minimum absolute atomic E-state index is 0.908. The summed E-state index contributed by atoms with van der Waals surface area (Å²) in [5.41, 5.74) is 26.8. The molecule has 0 aliphatic rings. The number of thiophene rings is 1. The van der Waals surface area contributed by atoms with Crippen molar-refractivity contribution in [2.24, 2.45) is 0 Å². The zero-order valence-corrected chi connectivity index (χ0v) is 74.8. The molecule has 0 fully saturated rings. The molecule has 137 heavy (non-hydrogen) atoms. The average molecular weight is 1770 g/mol. The molecule has 22 aromatic carbocycles. The molecule has 0 unspecified atom stereocenters. The summed E-state index contributed by atoms with van der Waals surface area (Å²) in [5.74, 6) is 0. The van der Waals surface area contributed by atoms with E-state index in [1.54, 1.807) is 11.3 Å². The third kappa shape index (κ3) is 12.6. The van der Waals surface area contributed by atoms with Crippen LogP contribution in [-0.2, 0) is 0 Å². The summed E-state index contributed by atoms with van der Waals surface area (Å²) in [6, 6.07) is 163. The van der Waals surface area contributed by atoms with E-state index in [0.29, 0.717) is 0 Å². The van der Waals surface area contributed by atoms with Gasteiger partial charge in [0.25, 0.3) is 0 Å². The fraction of sp³-hybridized carbons (Fsp3) is 0. The molecule has 0 aliphatic carbocycles. The van der Waals surface area contributed by atoms with E-state index in [4.69, 9.17) is 13.3 Å². The first-order chi connectivity index (χ1) is 67.9. The Morgan fingerprint density at radius 1 is 0.197 bits per heavy atom. The minimum atomic E-state index is 0.908. The molecule has 8 nitrogen and oxygen atoms in total. The zero-order valence-electron chi connectivity index (χ0n) is 74.0. The molecule has 9 heteroatoms. The SMILES string of the molecule is c1ccc(-n2ccc3cc4c(cc(-c5ccc6c(c5)c5ccccc5n6-c5ccccc5)c5ccc6c7ccccc7oc6c54)cc32)cc1.c1ccc(-n2ccc3cc4c(cc(-c5csc6ccccc56)c5ccc6c7ccccc7oc6c54)cc32)cc1.c1ccc(N(c2ccccc2)c2ccc(-c3cc4cc5c(ccn5-c5ccccc5)cc4c4c3ccc3c5ccccc5oc34)cc2)cc1. The van der Waals surface area contributed by atoms with E-state index in [2.05, 4.69) is 484 Å². The first-order valence-corrected chi connectivity index (χ1v) is 47.5. The van der Waals surface area contributed by atoms with Crippen LogP contribution in [0.15, 0.2) is 492 Å². The van der Waals surface area contributed by atoms with Gasteiger partial charge in [-0.3, -0.25) is 0 Å². The summed E-state index contributed by atoms with van der Waals surface area (Å²) < 4.78 is 30.5. The molecule has 0 radical (unpaired) electrons. The lowest BCUT2D eigenvalue weighted by Gasteiger charge is -2.25. The average Bonchev–Trinajstić information content (AvgIpc) is 1.63. The molecule has 0 atom stereocenters. The molecule has 8 heterocycles. The van der Waals surface area contributed by atoms with Gasteiger partial charge in [0.15, 0.2) is 0 Å². The third-order valence-electron chi connectivity index (χ3n) is 28.1. The van der Waals surface area contributed by atoms with Crippen molar-refractivity contribution in [3.8, 4) is 56.1 Å². The van der Waals surface area contributed by atoms with Crippen molar-refractivity contribution in [3.63, 3.8) is 0 Å². The zero-order chi connectivity index (χ0) is 89.9. The second kappa shape index (κ2) is 31.3. The van der Waals surface area contributed by atoms with Gasteiger partial charge in [0.2, 0.25) is 0 Å². The normalized spacial score (nSPS) is 11.9. The van der Waals surface area contributed by atoms with Crippen LogP contribution < -0.4 is 4.90 Å². The van der Waals surface area contributed by atoms with Gasteiger partial charge in [-0.15, -0.1) is 11.3 Å². The number of hydrogen-bond donors (Lipinski definition) is 0. The summed E-state index contributed by atoms with van der Waals surface area (Å²) in [6.07, 6.45) is 6.52. The van der Waals surface area contributed by atoms with Gasteiger partial charge in [-0.05, 0) is 300 Å². The summed E-state index contributed by atoms with van der Waals surface area (Å²) in [4.78, 5) is 2.30. The molecule has 0 bridgehead atoms. The van der Waals surface area contributed by atoms with Crippen molar-refractivity contribution >= 4 is 223 Å². The molecular weight excluding hydrogens is 1690 g/mol. The van der Waals surface area contributed by atoms with Gasteiger partial charge in [-0.2, -0.15) is 0 Å². The maximum atomic E-state index is 6.72. The molecule has 0 saturated heterocycles. The maximum Gasteiger partial charge on any atom is 0.143 e. The maximum absolute atomic E-state index is 6.72. The standard InChI is InChI=1S/C46H28N2O.C46H30N2O.C36H21NOS/c1-3-11-32(12-4-1)47-24-23-30-26-39-31(28-43(30)47)27-38(36-20-21-37-35-16-8-10-18-44(35)49-46(37)45(36)39)29-19-22-42-40(25-29)34-15-7-9-17-41(34)48(42)33-13-5-2-6-14-33;1-4-12-34(13-5-1)47-27-26-32-28-42-33(30-43(32)47)29-41(39-24-25-40-38-18-10-11-19-44(38)49-46(40)45(39)42)31-20-22-37(23-21-31)48(35-14-6-2-7-15-35)36-16-8-3-9-17-36;1-2-8-24(9-3-1)37-17-16-22-18-29-23(20-32(22)37)19-30(31-21-39-34-13-7-5-11-26(31)34)27-14-15-28-25-10-4-6-12-33(25)38-36(28)35(27)29/h1-28H;1-30H;1-21H. The lowest BCUT2D eigenvalue weighted by molar-refractivity contribution is 0.672. The van der Waals surface area contributed by atoms with E-state index in [0.717, 1.165) is 122 Å². The van der Waals surface area contributed by atoms with Crippen LogP contribution >= 0.6 is 11.3 Å². The van der Waals surface area contributed by atoms with Gasteiger partial charge in [-0.1, -0.05) is 237 Å². The number of furan rings is 3. The summed E-state index contributed by atoms with van der Waals surface area (Å²) in [7, 11) is 0. The Balaban J connectivity index is 0.000000102. The molecular formula is C128H79N5O3S. The van der Waals surface area contributed by atoms with Crippen LogP contribution in [0.5, 0.6) is 0 Å². The van der Waals surface area contributed by atoms with E-state index in [-0.39, 0.29) is 0 Å². The molecule has 30 aromatic rings. The fourth-order valence-electron chi connectivity index (χ4n) is 21.9. The number of hydrogen-bond acceptors (Lipinski definition) is 5. The molecule has 30 rings (SSSR count). The van der Waals surface area contributed by atoms with Gasteiger partial charge < -0.3 is 36.4 Å². The molecule has 0 aliphatic heterocycles. The highest BCUT2D eigenvalue weighted by Gasteiger charge is 2.26. The number of benzene rings is 22. The van der Waals surface area contributed by atoms with Crippen molar-refractivity contribution in [2.75, 3.05) is 4.90 Å². The number of aromatic nitrogens is 4.